The van der Waals surface area contributed by atoms with Gasteiger partial charge in [0.25, 0.3) is 0 Å². The molecule has 27 heteroatoms. The zero-order chi connectivity index (χ0) is 73.9. The molecule has 0 unspecified atom stereocenters. The second kappa shape index (κ2) is 29.6. The highest BCUT2D eigenvalue weighted by atomic mass is 16.5. The van der Waals surface area contributed by atoms with Crippen LogP contribution in [-0.4, -0.2) is 174 Å². The van der Waals surface area contributed by atoms with Crippen molar-refractivity contribution in [3.05, 3.63) is 96.9 Å². The van der Waals surface area contributed by atoms with Gasteiger partial charge < -0.3 is 23.8 Å². The molecule has 27 nitrogen and oxygen atoms in total. The van der Waals surface area contributed by atoms with Gasteiger partial charge in [-0.1, -0.05) is 6.58 Å². The molecule has 0 aromatic carbocycles. The summed E-state index contributed by atoms with van der Waals surface area (Å²) in [5.74, 6) is 4.02. The largest absolute Gasteiger partial charge is 0.474 e. The highest BCUT2D eigenvalue weighted by Crippen LogP contribution is 2.41. The van der Waals surface area contributed by atoms with Gasteiger partial charge in [-0.2, -0.15) is 30.6 Å². The molecule has 1 saturated heterocycles. The number of ether oxygens (including phenoxy) is 4. The van der Waals surface area contributed by atoms with Crippen LogP contribution < -0.4 is 18.9 Å². The number of rotatable bonds is 17. The second-order valence-electron chi connectivity index (χ2n) is 30.7. The van der Waals surface area contributed by atoms with Crippen molar-refractivity contribution in [3.63, 3.8) is 0 Å². The lowest BCUT2D eigenvalue weighted by Crippen LogP contribution is -2.48. The van der Waals surface area contributed by atoms with Crippen molar-refractivity contribution < 1.29 is 42.9 Å². The number of pyridine rings is 4. The molecule has 0 radical (unpaired) electrons. The zero-order valence-electron chi connectivity index (χ0n) is 62.3. The number of aromatic nitrogens is 16. The third kappa shape index (κ3) is 15.3. The summed E-state index contributed by atoms with van der Waals surface area (Å²) in [5.41, 5.74) is 10.1. The van der Waals surface area contributed by atoms with Gasteiger partial charge in [0.1, 0.15) is 47.5 Å². The fraction of sp³-hybridized carbons (Fsp3) is 0.506. The van der Waals surface area contributed by atoms with Crippen molar-refractivity contribution in [3.8, 4) is 46.2 Å². The summed E-state index contributed by atoms with van der Waals surface area (Å²) in [4.78, 5) is 84.2. The van der Waals surface area contributed by atoms with Gasteiger partial charge in [0.15, 0.2) is 5.78 Å². The van der Waals surface area contributed by atoms with E-state index in [1.807, 2.05) is 117 Å². The standard InChI is InChI=1S/C29H39N7O2.C28H32N6O4.C22H23N5O3/c1-19-16-35(12-11-33(19)3)23-6-8-24(9-7-23)36-17-22(15-30-36)27-14-28-26(18-34(4)32-28)29(31-27)38-20(2)21-5-10-25(37)13-21;1-15(17-5-7-19(35)9-17)37-27-21-13-33(3)31-23(21)11-25(29-27)26-12-24-22(14-34(4)32-24)28(30-26)38-16(2)18-6-8-20(36)10-18;1-12(13-4-5-15(28)6-13)30-22-17-11-27(3)25-20(17)9-18(23-22)14-7-19-16(21(29)8-14)10-26(2)24-19/h14-15,17-18,20-21,23-24H,1,5-13,16H2,2-4H3;11-18H,5-10H2,1-4H3;7,9-13H,4-6,8H2,1-3H3/t20-,21+,23?,24?;15-,16-,17-,18+;12-,13+/m111/s1. The van der Waals surface area contributed by atoms with E-state index < -0.39 is 0 Å². The molecule has 17 rings (SSSR count). The molecule has 7 aliphatic rings. The Morgan fingerprint density at radius 1 is 0.443 bits per heavy atom. The molecule has 11 heterocycles. The number of hydrogen-bond acceptors (Lipinski definition) is 21. The van der Waals surface area contributed by atoms with Gasteiger partial charge in [-0.15, -0.1) is 0 Å². The summed E-state index contributed by atoms with van der Waals surface area (Å²) < 4.78 is 36.2. The number of piperazine rings is 1. The second-order valence-corrected chi connectivity index (χ2v) is 30.7. The van der Waals surface area contributed by atoms with Gasteiger partial charge in [0.05, 0.1) is 89.9 Å². The molecule has 1 aliphatic heterocycles. The average molecular weight is 1440 g/mol. The number of fused-ring (bicyclic) bond motifs is 5. The fourth-order valence-corrected chi connectivity index (χ4v) is 16.4. The molecule has 0 amide bonds. The van der Waals surface area contributed by atoms with Gasteiger partial charge in [-0.05, 0) is 115 Å². The van der Waals surface area contributed by atoms with Gasteiger partial charge in [-0.25, -0.2) is 19.9 Å². The van der Waals surface area contributed by atoms with Crippen LogP contribution in [-0.2, 0) is 54.4 Å². The molecule has 0 spiro atoms. The normalized spacial score (nSPS) is 22.6. The average Bonchev–Trinajstić information content (AvgIpc) is 1.46. The van der Waals surface area contributed by atoms with Gasteiger partial charge >= 0.3 is 0 Å². The van der Waals surface area contributed by atoms with E-state index in [9.17, 15) is 24.0 Å². The number of carbonyl (C=O) groups is 5. The molecule has 5 saturated carbocycles. The number of allylic oxidation sites excluding steroid dienone is 1. The van der Waals surface area contributed by atoms with Crippen molar-refractivity contribution in [2.75, 3.05) is 26.7 Å². The van der Waals surface area contributed by atoms with Crippen LogP contribution in [0.15, 0.2) is 79.9 Å². The van der Waals surface area contributed by atoms with Crippen LogP contribution in [0.25, 0.3) is 77.9 Å². The van der Waals surface area contributed by atoms with E-state index in [4.69, 9.17) is 44.0 Å². The number of aryl methyl sites for hydroxylation is 5. The van der Waals surface area contributed by atoms with Crippen molar-refractivity contribution in [1.82, 2.24) is 88.4 Å². The predicted octanol–water partition coefficient (Wildman–Crippen LogP) is 11.4. The monoisotopic (exact) mass is 1440 g/mol. The molecule has 554 valence electrons. The lowest BCUT2D eigenvalue weighted by Gasteiger charge is -2.42. The van der Waals surface area contributed by atoms with Crippen LogP contribution in [0.3, 0.4) is 0 Å². The Labute approximate surface area is 614 Å². The van der Waals surface area contributed by atoms with E-state index in [1.54, 1.807) is 36.7 Å². The number of nitrogens with zero attached hydrogens (tertiary/aromatic N) is 18. The quantitative estimate of drug-likeness (QED) is 0.0818. The number of ketones is 5. The van der Waals surface area contributed by atoms with E-state index in [2.05, 4.69) is 59.8 Å². The summed E-state index contributed by atoms with van der Waals surface area (Å²) >= 11 is 0. The molecule has 106 heavy (non-hydrogen) atoms. The van der Waals surface area contributed by atoms with E-state index in [0.29, 0.717) is 127 Å². The van der Waals surface area contributed by atoms with Gasteiger partial charge in [-0.3, -0.25) is 57.0 Å². The minimum Gasteiger partial charge on any atom is -0.474 e. The summed E-state index contributed by atoms with van der Waals surface area (Å²) in [5, 5.41) is 30.8. The molecule has 8 atom stereocenters. The number of Topliss-reactive ketones (excluding diaryl/α,β-unsaturated/α-hetero) is 5. The Bertz CT molecular complexity index is 4990. The molecular weight excluding hydrogens is 1340 g/mol. The fourth-order valence-electron chi connectivity index (χ4n) is 16.4. The summed E-state index contributed by atoms with van der Waals surface area (Å²) in [6.07, 6.45) is 27.8. The third-order valence-corrected chi connectivity index (χ3v) is 22.8. The Kier molecular flexibility index (Phi) is 19.9. The summed E-state index contributed by atoms with van der Waals surface area (Å²) in [7, 11) is 11.4. The Morgan fingerprint density at radius 2 is 0.821 bits per heavy atom. The number of likely N-dealkylation sites (N-methyl/N-ethyl adjacent to an activating group) is 1. The maximum Gasteiger partial charge on any atom is 0.225 e. The van der Waals surface area contributed by atoms with Crippen LogP contribution in [0.1, 0.15) is 165 Å². The van der Waals surface area contributed by atoms with Gasteiger partial charge in [0, 0.05) is 198 Å². The van der Waals surface area contributed by atoms with E-state index in [1.165, 1.54) is 18.5 Å². The predicted molar refractivity (Wildman–Crippen MR) is 399 cm³/mol. The highest BCUT2D eigenvalue weighted by Gasteiger charge is 2.36. The van der Waals surface area contributed by atoms with E-state index in [-0.39, 0.29) is 71.9 Å². The number of carbonyl (C=O) groups excluding carboxylic acids is 5. The zero-order valence-corrected chi connectivity index (χ0v) is 62.3. The van der Waals surface area contributed by atoms with Crippen molar-refractivity contribution >= 4 is 84.2 Å². The van der Waals surface area contributed by atoms with Crippen LogP contribution in [0.5, 0.6) is 23.5 Å². The summed E-state index contributed by atoms with van der Waals surface area (Å²) in [6.45, 7) is 15.4. The SMILES string of the molecule is C=C1CN(C2CCC(n3cc(-c4cc5nn(C)cc5c(O[C@H](C)[C@H]5CCC(=O)C5)n4)cn3)CC2)CCN1C.C[C@@H](Oc1nc(-c2cc3nn(C)cc3c(O[C@H](C)[C@H]3CCC(=O)C3)n2)cc2nn(C)cc12)[C@@H]1CCC(=O)C1.C[C@@H](Oc1nc(C2=Cc3nn(C)cc3C(=O)C2)cc2nn(C)cc12)[C@H]1CCC(=O)C1. The Balaban J connectivity index is 0.000000128. The maximum absolute atomic E-state index is 12.6. The Morgan fingerprint density at radius 3 is 1.23 bits per heavy atom. The third-order valence-electron chi connectivity index (χ3n) is 22.8. The molecule has 10 aromatic rings. The van der Waals surface area contributed by atoms with E-state index >= 15 is 0 Å². The number of hydrogen-bond donors (Lipinski definition) is 0. The highest BCUT2D eigenvalue weighted by molar-refractivity contribution is 6.10. The van der Waals surface area contributed by atoms with Crippen LogP contribution >= 0.6 is 0 Å². The van der Waals surface area contributed by atoms with Crippen LogP contribution in [0.2, 0.25) is 0 Å². The molecule has 10 aromatic heterocycles. The minimum absolute atomic E-state index is 0.0267. The van der Waals surface area contributed by atoms with Gasteiger partial charge in [0.2, 0.25) is 23.5 Å². The molecular formula is C79H94N18O9. The van der Waals surface area contributed by atoms with Crippen LogP contribution in [0.4, 0.5) is 0 Å². The lowest BCUT2D eigenvalue weighted by molar-refractivity contribution is -0.118. The lowest BCUT2D eigenvalue weighted by atomic mass is 9.89. The summed E-state index contributed by atoms with van der Waals surface area (Å²) in [6, 6.07) is 8.74. The maximum atomic E-state index is 12.6. The first-order chi connectivity index (χ1) is 50.9. The molecule has 6 aliphatic carbocycles. The molecule has 0 N–H and O–H groups in total. The molecule has 0 bridgehead atoms. The first-order valence-corrected chi connectivity index (χ1v) is 37.5. The van der Waals surface area contributed by atoms with Crippen molar-refractivity contribution in [2.45, 2.75) is 173 Å². The first-order valence-electron chi connectivity index (χ1n) is 37.5. The Hall–Kier alpha value is -10.3. The minimum atomic E-state index is -0.160. The van der Waals surface area contributed by atoms with Crippen molar-refractivity contribution in [1.29, 1.82) is 0 Å². The van der Waals surface area contributed by atoms with Crippen LogP contribution in [0, 0.1) is 23.7 Å². The van der Waals surface area contributed by atoms with E-state index in [0.717, 1.165) is 119 Å². The first kappa shape index (κ1) is 71.3. The van der Waals surface area contributed by atoms with Crippen molar-refractivity contribution in [2.24, 2.45) is 58.9 Å². The topological polar surface area (TPSA) is 287 Å². The molecule has 6 fully saturated rings. The smallest absolute Gasteiger partial charge is 0.225 e.